The van der Waals surface area contributed by atoms with E-state index in [-0.39, 0.29) is 37.2 Å². The maximum absolute atomic E-state index is 12.9. The highest BCUT2D eigenvalue weighted by Crippen LogP contribution is 2.48. The van der Waals surface area contributed by atoms with E-state index in [1.54, 1.807) is 0 Å². The van der Waals surface area contributed by atoms with Crippen LogP contribution in [-0.2, 0) is 34.7 Å². The molecular formula is C52H96NO6P. The second-order valence-corrected chi connectivity index (χ2v) is 19.5. The molecule has 0 N–H and O–H groups in total. The Bertz CT molecular complexity index is 1030. The van der Waals surface area contributed by atoms with Crippen LogP contribution in [0.4, 0.5) is 0 Å². The zero-order valence-corrected chi connectivity index (χ0v) is 41.1. The summed E-state index contributed by atoms with van der Waals surface area (Å²) in [5.74, 6) is -0.442. The fraction of sp³-hybridized carbons (Fsp3) is 0.846. The zero-order chi connectivity index (χ0) is 43.7. The number of nitrogens with zero attached hydrogens (tertiary/aromatic N) is 1. The van der Waals surface area contributed by atoms with Crippen LogP contribution in [0, 0.1) is 0 Å². The molecule has 1 rings (SSSR count). The topological polar surface area (TPSA) is 74.3 Å². The first-order valence-corrected chi connectivity index (χ1v) is 26.6. The van der Waals surface area contributed by atoms with Gasteiger partial charge >= 0.3 is 11.9 Å². The van der Waals surface area contributed by atoms with Crippen molar-refractivity contribution in [2.75, 3.05) is 13.2 Å². The maximum Gasteiger partial charge on any atom is 0.305 e. The second-order valence-electron chi connectivity index (χ2n) is 18.1. The molecule has 1 aromatic rings. The van der Waals surface area contributed by atoms with Crippen molar-refractivity contribution in [3.05, 3.63) is 35.9 Å². The third-order valence-corrected chi connectivity index (χ3v) is 13.6. The summed E-state index contributed by atoms with van der Waals surface area (Å²) in [5.41, 5.74) is 1.06. The molecule has 60 heavy (non-hydrogen) atoms. The van der Waals surface area contributed by atoms with Gasteiger partial charge in [0.25, 0.3) is 8.53 Å². The Morgan fingerprint density at radius 3 is 1.12 bits per heavy atom. The van der Waals surface area contributed by atoms with E-state index in [0.717, 1.165) is 44.1 Å². The van der Waals surface area contributed by atoms with Crippen LogP contribution in [0.3, 0.4) is 0 Å². The van der Waals surface area contributed by atoms with Gasteiger partial charge in [0, 0.05) is 24.9 Å². The van der Waals surface area contributed by atoms with E-state index < -0.39 is 14.6 Å². The SMILES string of the molecule is CCCCCCCCCCCCCCCCCC(=O)OCC(COC(=O)CCCCCCCCCCCCCCCCC)OP(OCc1ccccc1)N(C(C)C)C(C)C. The normalized spacial score (nSPS) is 12.3. The van der Waals surface area contributed by atoms with Gasteiger partial charge in [0.1, 0.15) is 19.3 Å². The summed E-state index contributed by atoms with van der Waals surface area (Å²) in [6, 6.07) is 10.4. The van der Waals surface area contributed by atoms with E-state index in [4.69, 9.17) is 18.5 Å². The summed E-state index contributed by atoms with van der Waals surface area (Å²) >= 11 is 0. The monoisotopic (exact) mass is 862 g/mol. The molecule has 0 fully saturated rings. The summed E-state index contributed by atoms with van der Waals surface area (Å²) in [6.45, 7) is 13.5. The molecule has 7 nitrogen and oxygen atoms in total. The van der Waals surface area contributed by atoms with Crippen LogP contribution in [0.1, 0.15) is 253 Å². The standard InChI is InChI=1S/C52H96NO6P/c1-7-9-11-13-15-17-19-21-23-25-27-29-31-33-38-42-51(54)56-45-50(59-60(53(47(3)4)48(5)6)58-44-49-40-36-35-37-41-49)46-57-52(55)43-39-34-32-30-28-26-24-22-20-18-16-14-12-10-8-2/h35-37,40-41,47-48,50H,7-34,38-39,42-46H2,1-6H3. The summed E-state index contributed by atoms with van der Waals surface area (Å²) in [6.07, 6.45) is 38.8. The lowest BCUT2D eigenvalue weighted by molar-refractivity contribution is -0.151. The van der Waals surface area contributed by atoms with Crippen molar-refractivity contribution in [1.82, 2.24) is 4.67 Å². The number of hydrogen-bond acceptors (Lipinski definition) is 7. The minimum Gasteiger partial charge on any atom is -0.463 e. The molecule has 1 atom stereocenters. The number of ether oxygens (including phenoxy) is 2. The van der Waals surface area contributed by atoms with Crippen LogP contribution in [0.15, 0.2) is 30.3 Å². The van der Waals surface area contributed by atoms with Gasteiger partial charge in [-0.1, -0.05) is 224 Å². The van der Waals surface area contributed by atoms with Crippen LogP contribution in [0.2, 0.25) is 0 Å². The molecule has 0 amide bonds. The van der Waals surface area contributed by atoms with Crippen LogP contribution < -0.4 is 0 Å². The van der Waals surface area contributed by atoms with Gasteiger partial charge in [0.05, 0.1) is 6.61 Å². The Balaban J connectivity index is 2.50. The van der Waals surface area contributed by atoms with Gasteiger partial charge in [-0.15, -0.1) is 0 Å². The van der Waals surface area contributed by atoms with Crippen LogP contribution in [-0.4, -0.2) is 48.0 Å². The third-order valence-electron chi connectivity index (χ3n) is 11.5. The number of benzene rings is 1. The molecule has 1 aromatic carbocycles. The molecule has 0 saturated heterocycles. The Hall–Kier alpha value is -1.53. The second kappa shape index (κ2) is 41.5. The van der Waals surface area contributed by atoms with Gasteiger partial charge in [0.15, 0.2) is 0 Å². The molecule has 0 aliphatic heterocycles. The van der Waals surface area contributed by atoms with Crippen molar-refractivity contribution in [3.63, 3.8) is 0 Å². The van der Waals surface area contributed by atoms with E-state index in [0.29, 0.717) is 19.4 Å². The predicted molar refractivity (Wildman–Crippen MR) is 256 cm³/mol. The molecule has 8 heteroatoms. The largest absolute Gasteiger partial charge is 0.463 e. The molecule has 1 unspecified atom stereocenters. The lowest BCUT2D eigenvalue weighted by atomic mass is 10.0. The summed E-state index contributed by atoms with van der Waals surface area (Å²) in [4.78, 5) is 25.8. The minimum atomic E-state index is -1.54. The molecule has 0 aliphatic carbocycles. The van der Waals surface area contributed by atoms with E-state index in [9.17, 15) is 9.59 Å². The molecule has 0 heterocycles. The Morgan fingerprint density at radius 2 is 0.800 bits per heavy atom. The van der Waals surface area contributed by atoms with E-state index in [1.165, 1.54) is 154 Å². The van der Waals surface area contributed by atoms with Gasteiger partial charge in [-0.3, -0.25) is 9.59 Å². The van der Waals surface area contributed by atoms with Crippen molar-refractivity contribution in [3.8, 4) is 0 Å². The summed E-state index contributed by atoms with van der Waals surface area (Å²) in [7, 11) is -1.54. The Labute approximate surface area is 372 Å². The number of esters is 2. The fourth-order valence-corrected chi connectivity index (χ4v) is 9.56. The number of rotatable bonds is 44. The van der Waals surface area contributed by atoms with Crippen LogP contribution in [0.5, 0.6) is 0 Å². The van der Waals surface area contributed by atoms with Crippen molar-refractivity contribution in [2.24, 2.45) is 0 Å². The minimum absolute atomic E-state index is 0.0291. The lowest BCUT2D eigenvalue weighted by Crippen LogP contribution is -2.36. The number of carbonyl (C=O) groups is 2. The van der Waals surface area contributed by atoms with Crippen molar-refractivity contribution in [2.45, 2.75) is 272 Å². The van der Waals surface area contributed by atoms with Crippen molar-refractivity contribution in [1.29, 1.82) is 0 Å². The molecule has 0 bridgehead atoms. The predicted octanol–water partition coefficient (Wildman–Crippen LogP) is 16.5. The first-order valence-electron chi connectivity index (χ1n) is 25.5. The third kappa shape index (κ3) is 34.0. The number of unbranched alkanes of at least 4 members (excludes halogenated alkanes) is 28. The van der Waals surface area contributed by atoms with Crippen LogP contribution >= 0.6 is 8.53 Å². The average molecular weight is 862 g/mol. The van der Waals surface area contributed by atoms with E-state index in [2.05, 4.69) is 46.2 Å². The van der Waals surface area contributed by atoms with Gasteiger partial charge in [-0.25, -0.2) is 4.67 Å². The average Bonchev–Trinajstić information content (AvgIpc) is 3.23. The fourth-order valence-electron chi connectivity index (χ4n) is 7.86. The highest BCUT2D eigenvalue weighted by molar-refractivity contribution is 7.44. The summed E-state index contributed by atoms with van der Waals surface area (Å²) < 4.78 is 26.9. The Kier molecular flexibility index (Phi) is 39.1. The molecule has 350 valence electrons. The lowest BCUT2D eigenvalue weighted by Gasteiger charge is -2.37. The highest BCUT2D eigenvalue weighted by atomic mass is 31.2. The first-order chi connectivity index (χ1) is 29.3. The van der Waals surface area contributed by atoms with Gasteiger partial charge in [-0.2, -0.15) is 0 Å². The Morgan fingerprint density at radius 1 is 0.483 bits per heavy atom. The molecule has 0 saturated carbocycles. The maximum atomic E-state index is 12.9. The number of carbonyl (C=O) groups excluding carboxylic acids is 2. The zero-order valence-electron chi connectivity index (χ0n) is 40.2. The molecule has 0 aromatic heterocycles. The van der Waals surface area contributed by atoms with E-state index >= 15 is 0 Å². The van der Waals surface area contributed by atoms with Gasteiger partial charge < -0.3 is 18.5 Å². The van der Waals surface area contributed by atoms with Crippen LogP contribution in [0.25, 0.3) is 0 Å². The summed E-state index contributed by atoms with van der Waals surface area (Å²) in [5, 5.41) is 0. The number of hydrogen-bond donors (Lipinski definition) is 0. The smallest absolute Gasteiger partial charge is 0.305 e. The van der Waals surface area contributed by atoms with Gasteiger partial charge in [0.2, 0.25) is 0 Å². The van der Waals surface area contributed by atoms with Crippen molar-refractivity contribution >= 4 is 20.5 Å². The highest BCUT2D eigenvalue weighted by Gasteiger charge is 2.31. The molecular weight excluding hydrogens is 766 g/mol. The quantitative estimate of drug-likeness (QED) is 0.0367. The molecule has 0 radical (unpaired) electrons. The molecule has 0 spiro atoms. The first kappa shape index (κ1) is 56.5. The van der Waals surface area contributed by atoms with Gasteiger partial charge in [-0.05, 0) is 46.1 Å². The van der Waals surface area contributed by atoms with Crippen molar-refractivity contribution < 1.29 is 28.1 Å². The van der Waals surface area contributed by atoms with E-state index in [1.807, 2.05) is 30.3 Å². The molecule has 0 aliphatic rings.